The average molecular weight is 281 g/mol. The van der Waals surface area contributed by atoms with Crippen molar-refractivity contribution in [1.29, 1.82) is 0 Å². The normalized spacial score (nSPS) is 12.3. The fourth-order valence-electron chi connectivity index (χ4n) is 1.69. The van der Waals surface area contributed by atoms with Gasteiger partial charge in [-0.15, -0.1) is 0 Å². The molecule has 5 heteroatoms. The first-order valence-corrected chi connectivity index (χ1v) is 6.19. The van der Waals surface area contributed by atoms with Gasteiger partial charge in [0.1, 0.15) is 17.3 Å². The second-order valence-corrected chi connectivity index (χ2v) is 4.81. The van der Waals surface area contributed by atoms with Gasteiger partial charge in [-0.05, 0) is 31.5 Å². The van der Waals surface area contributed by atoms with Crippen molar-refractivity contribution in [2.45, 2.75) is 19.9 Å². The molecule has 2 N–H and O–H groups in total. The molecule has 0 amide bonds. The molecule has 0 radical (unpaired) electrons. The molecule has 2 aromatic rings. The van der Waals surface area contributed by atoms with Crippen LogP contribution in [0.5, 0.6) is 11.5 Å². The van der Waals surface area contributed by atoms with Gasteiger partial charge in [0.2, 0.25) is 0 Å². The van der Waals surface area contributed by atoms with E-state index in [1.165, 1.54) is 18.5 Å². The third-order valence-electron chi connectivity index (χ3n) is 2.69. The molecule has 100 valence electrons. The predicted octanol–water partition coefficient (Wildman–Crippen LogP) is 3.99. The first kappa shape index (κ1) is 13.8. The van der Waals surface area contributed by atoms with Gasteiger partial charge in [0.05, 0.1) is 11.2 Å². The zero-order chi connectivity index (χ0) is 14.0. The summed E-state index contributed by atoms with van der Waals surface area (Å²) in [5, 5.41) is 0.471. The van der Waals surface area contributed by atoms with E-state index in [-0.39, 0.29) is 11.9 Å². The van der Waals surface area contributed by atoms with E-state index in [0.29, 0.717) is 27.6 Å². The lowest BCUT2D eigenvalue weighted by molar-refractivity contribution is 0.466. The molecule has 1 heterocycles. The first-order chi connectivity index (χ1) is 8.97. The molecule has 0 saturated carbocycles. The minimum Gasteiger partial charge on any atom is -0.455 e. The molecule has 3 nitrogen and oxygen atoms in total. The summed E-state index contributed by atoms with van der Waals surface area (Å²) in [5.74, 6) is 0.697. The van der Waals surface area contributed by atoms with Crippen LogP contribution in [-0.4, -0.2) is 4.98 Å². The Balaban J connectivity index is 2.41. The zero-order valence-electron chi connectivity index (χ0n) is 10.7. The molecule has 19 heavy (non-hydrogen) atoms. The van der Waals surface area contributed by atoms with Crippen LogP contribution in [0, 0.1) is 12.7 Å². The third kappa shape index (κ3) is 3.22. The van der Waals surface area contributed by atoms with Gasteiger partial charge in [-0.2, -0.15) is 0 Å². The standard InChI is InChI=1S/C14H14ClFN2O/c1-8-3-14(12(9(2)17)5-13(8)16)19-11-4-10(15)6-18-7-11/h3-7,9H,17H2,1-2H3/t9-/m1/s1. The minimum absolute atomic E-state index is 0.302. The Morgan fingerprint density at radius 3 is 2.68 bits per heavy atom. The fraction of sp³-hybridized carbons (Fsp3) is 0.214. The summed E-state index contributed by atoms with van der Waals surface area (Å²) in [5.41, 5.74) is 6.92. The maximum absolute atomic E-state index is 13.6. The second kappa shape index (κ2) is 5.55. The Bertz CT molecular complexity index is 602. The number of hydrogen-bond acceptors (Lipinski definition) is 3. The summed E-state index contributed by atoms with van der Waals surface area (Å²) in [6, 6.07) is 4.32. The lowest BCUT2D eigenvalue weighted by Gasteiger charge is -2.15. The van der Waals surface area contributed by atoms with E-state index in [1.54, 1.807) is 26.0 Å². The van der Waals surface area contributed by atoms with Crippen molar-refractivity contribution in [3.8, 4) is 11.5 Å². The lowest BCUT2D eigenvalue weighted by atomic mass is 10.1. The van der Waals surface area contributed by atoms with Crippen LogP contribution in [0.2, 0.25) is 5.02 Å². The summed E-state index contributed by atoms with van der Waals surface area (Å²) in [6.45, 7) is 3.44. The highest BCUT2D eigenvalue weighted by atomic mass is 35.5. The van der Waals surface area contributed by atoms with E-state index >= 15 is 0 Å². The van der Waals surface area contributed by atoms with Gasteiger partial charge in [0.15, 0.2) is 0 Å². The van der Waals surface area contributed by atoms with E-state index in [9.17, 15) is 4.39 Å². The largest absolute Gasteiger partial charge is 0.455 e. The molecule has 0 aliphatic heterocycles. The molecule has 1 aromatic carbocycles. The maximum Gasteiger partial charge on any atom is 0.147 e. The van der Waals surface area contributed by atoms with E-state index in [0.717, 1.165) is 0 Å². The van der Waals surface area contributed by atoms with Gasteiger partial charge in [-0.25, -0.2) is 4.39 Å². The highest BCUT2D eigenvalue weighted by Gasteiger charge is 2.13. The van der Waals surface area contributed by atoms with Crippen molar-refractivity contribution in [2.24, 2.45) is 5.73 Å². The molecule has 0 bridgehead atoms. The van der Waals surface area contributed by atoms with E-state index in [4.69, 9.17) is 22.1 Å². The molecular weight excluding hydrogens is 267 g/mol. The highest BCUT2D eigenvalue weighted by molar-refractivity contribution is 6.30. The fourth-order valence-corrected chi connectivity index (χ4v) is 1.85. The summed E-state index contributed by atoms with van der Waals surface area (Å²) < 4.78 is 19.3. The number of halogens is 2. The third-order valence-corrected chi connectivity index (χ3v) is 2.90. The molecule has 1 atom stereocenters. The monoisotopic (exact) mass is 280 g/mol. The Morgan fingerprint density at radius 2 is 2.05 bits per heavy atom. The van der Waals surface area contributed by atoms with Gasteiger partial charge in [-0.1, -0.05) is 11.6 Å². The molecule has 0 spiro atoms. The molecule has 2 rings (SSSR count). The van der Waals surface area contributed by atoms with E-state index in [1.807, 2.05) is 0 Å². The zero-order valence-corrected chi connectivity index (χ0v) is 11.4. The summed E-state index contributed by atoms with van der Waals surface area (Å²) in [4.78, 5) is 3.93. The van der Waals surface area contributed by atoms with Crippen molar-refractivity contribution >= 4 is 11.6 Å². The van der Waals surface area contributed by atoms with Crippen molar-refractivity contribution < 1.29 is 9.13 Å². The second-order valence-electron chi connectivity index (χ2n) is 4.37. The van der Waals surface area contributed by atoms with Crippen LogP contribution in [0.4, 0.5) is 4.39 Å². The highest BCUT2D eigenvalue weighted by Crippen LogP contribution is 2.31. The number of aromatic nitrogens is 1. The van der Waals surface area contributed by atoms with Gasteiger partial charge in [0.25, 0.3) is 0 Å². The predicted molar refractivity (Wildman–Crippen MR) is 73.1 cm³/mol. The molecule has 0 aliphatic carbocycles. The summed E-state index contributed by atoms with van der Waals surface area (Å²) >= 11 is 5.84. The molecule has 0 saturated heterocycles. The summed E-state index contributed by atoms with van der Waals surface area (Å²) in [6.07, 6.45) is 3.05. The number of pyridine rings is 1. The molecule has 0 unspecified atom stereocenters. The molecular formula is C14H14ClFN2O. The smallest absolute Gasteiger partial charge is 0.147 e. The number of aryl methyl sites for hydroxylation is 1. The number of rotatable bonds is 3. The van der Waals surface area contributed by atoms with Crippen molar-refractivity contribution in [2.75, 3.05) is 0 Å². The Kier molecular flexibility index (Phi) is 4.02. The van der Waals surface area contributed by atoms with Crippen LogP contribution in [0.15, 0.2) is 30.6 Å². The first-order valence-electron chi connectivity index (χ1n) is 5.81. The van der Waals surface area contributed by atoms with Crippen molar-refractivity contribution in [3.63, 3.8) is 0 Å². The SMILES string of the molecule is Cc1cc(Oc2cncc(Cl)c2)c([C@@H](C)N)cc1F. The van der Waals surface area contributed by atoms with E-state index in [2.05, 4.69) is 4.98 Å². The van der Waals surface area contributed by atoms with Crippen LogP contribution >= 0.6 is 11.6 Å². The number of nitrogens with two attached hydrogens (primary N) is 1. The number of nitrogens with zero attached hydrogens (tertiary/aromatic N) is 1. The van der Waals surface area contributed by atoms with Crippen LogP contribution < -0.4 is 10.5 Å². The van der Waals surface area contributed by atoms with Crippen LogP contribution in [0.3, 0.4) is 0 Å². The molecule has 0 aliphatic rings. The Labute approximate surface area is 116 Å². The van der Waals surface area contributed by atoms with Crippen molar-refractivity contribution in [1.82, 2.24) is 4.98 Å². The molecule has 0 fully saturated rings. The van der Waals surface area contributed by atoms with Crippen LogP contribution in [0.25, 0.3) is 0 Å². The van der Waals surface area contributed by atoms with Gasteiger partial charge < -0.3 is 10.5 Å². The maximum atomic E-state index is 13.6. The molecule has 1 aromatic heterocycles. The van der Waals surface area contributed by atoms with Gasteiger partial charge >= 0.3 is 0 Å². The Morgan fingerprint density at radius 1 is 1.32 bits per heavy atom. The lowest BCUT2D eigenvalue weighted by Crippen LogP contribution is -2.08. The average Bonchev–Trinajstić information content (AvgIpc) is 2.33. The minimum atomic E-state index is -0.336. The summed E-state index contributed by atoms with van der Waals surface area (Å²) in [7, 11) is 0. The van der Waals surface area contributed by atoms with Gasteiger partial charge in [-0.3, -0.25) is 4.98 Å². The van der Waals surface area contributed by atoms with Crippen LogP contribution in [-0.2, 0) is 0 Å². The van der Waals surface area contributed by atoms with Gasteiger partial charge in [0, 0.05) is 23.9 Å². The van der Waals surface area contributed by atoms with Crippen LogP contribution in [0.1, 0.15) is 24.1 Å². The number of hydrogen-bond donors (Lipinski definition) is 1. The Hall–Kier alpha value is -1.65. The number of benzene rings is 1. The number of ether oxygens (including phenoxy) is 1. The van der Waals surface area contributed by atoms with E-state index < -0.39 is 0 Å². The van der Waals surface area contributed by atoms with Crippen molar-refractivity contribution in [3.05, 3.63) is 52.6 Å². The quantitative estimate of drug-likeness (QED) is 0.924. The topological polar surface area (TPSA) is 48.1 Å².